The number of carbonyl (C=O) groups excluding carboxylic acids is 2. The van der Waals surface area contributed by atoms with Crippen molar-refractivity contribution < 1.29 is 9.59 Å². The van der Waals surface area contributed by atoms with Crippen LogP contribution in [0.3, 0.4) is 0 Å². The molecule has 0 spiro atoms. The lowest BCUT2D eigenvalue weighted by Gasteiger charge is -2.03. The number of hydrogen-bond donors (Lipinski definition) is 2. The largest absolute Gasteiger partial charge is 0.366 e. The molecule has 2 amide bonds. The number of anilines is 1. The SMILES string of the molecule is Cc1ccc(-c2nnc(NC(=O)c3ccc(C(N)=O)cc3)s2)c(C)c1. The van der Waals surface area contributed by atoms with Crippen molar-refractivity contribution in [3.63, 3.8) is 0 Å². The van der Waals surface area contributed by atoms with Gasteiger partial charge in [0, 0.05) is 16.7 Å². The van der Waals surface area contributed by atoms with Gasteiger partial charge in [0.25, 0.3) is 5.91 Å². The molecule has 6 nitrogen and oxygen atoms in total. The van der Waals surface area contributed by atoms with Crippen molar-refractivity contribution in [2.45, 2.75) is 13.8 Å². The van der Waals surface area contributed by atoms with Crippen LogP contribution in [0.2, 0.25) is 0 Å². The number of carbonyl (C=O) groups is 2. The van der Waals surface area contributed by atoms with E-state index in [9.17, 15) is 9.59 Å². The first-order valence-electron chi connectivity index (χ1n) is 7.56. The van der Waals surface area contributed by atoms with Gasteiger partial charge in [-0.3, -0.25) is 14.9 Å². The van der Waals surface area contributed by atoms with E-state index in [1.807, 2.05) is 26.0 Å². The third-order valence-electron chi connectivity index (χ3n) is 3.69. The lowest BCUT2D eigenvalue weighted by atomic mass is 10.1. The van der Waals surface area contributed by atoms with Crippen molar-refractivity contribution in [3.05, 3.63) is 64.7 Å². The molecule has 3 aromatic rings. The molecule has 3 N–H and O–H groups in total. The third-order valence-corrected chi connectivity index (χ3v) is 4.56. The highest BCUT2D eigenvalue weighted by molar-refractivity contribution is 7.18. The minimum absolute atomic E-state index is 0.320. The molecule has 0 aliphatic rings. The van der Waals surface area contributed by atoms with E-state index in [4.69, 9.17) is 5.73 Å². The summed E-state index contributed by atoms with van der Waals surface area (Å²) in [5, 5.41) is 12.1. The number of nitrogens with zero attached hydrogens (tertiary/aromatic N) is 2. The van der Waals surface area contributed by atoms with E-state index in [2.05, 4.69) is 21.6 Å². The van der Waals surface area contributed by atoms with Crippen molar-refractivity contribution >= 4 is 28.3 Å². The first-order valence-corrected chi connectivity index (χ1v) is 8.38. The van der Waals surface area contributed by atoms with E-state index in [1.165, 1.54) is 29.0 Å². The molecule has 0 radical (unpaired) electrons. The summed E-state index contributed by atoms with van der Waals surface area (Å²) < 4.78 is 0. The van der Waals surface area contributed by atoms with Gasteiger partial charge in [0.15, 0.2) is 0 Å². The Kier molecular flexibility index (Phi) is 4.58. The van der Waals surface area contributed by atoms with Gasteiger partial charge in [-0.05, 0) is 43.7 Å². The van der Waals surface area contributed by atoms with Crippen LogP contribution >= 0.6 is 11.3 Å². The van der Waals surface area contributed by atoms with E-state index in [0.717, 1.165) is 16.1 Å². The van der Waals surface area contributed by atoms with Crippen LogP contribution in [-0.2, 0) is 0 Å². The average molecular weight is 352 g/mol. The van der Waals surface area contributed by atoms with E-state index < -0.39 is 5.91 Å². The molecule has 0 atom stereocenters. The summed E-state index contributed by atoms with van der Waals surface area (Å²) >= 11 is 1.31. The monoisotopic (exact) mass is 352 g/mol. The maximum Gasteiger partial charge on any atom is 0.257 e. The lowest BCUT2D eigenvalue weighted by molar-refractivity contribution is 0.0995. The van der Waals surface area contributed by atoms with E-state index in [-0.39, 0.29) is 5.91 Å². The maximum absolute atomic E-state index is 12.3. The molecule has 0 saturated heterocycles. The Morgan fingerprint density at radius 3 is 2.32 bits per heavy atom. The second-order valence-electron chi connectivity index (χ2n) is 5.63. The third kappa shape index (κ3) is 3.72. The molecule has 0 unspecified atom stereocenters. The highest BCUT2D eigenvalue weighted by Gasteiger charge is 2.13. The van der Waals surface area contributed by atoms with Crippen molar-refractivity contribution in [1.29, 1.82) is 0 Å². The minimum Gasteiger partial charge on any atom is -0.366 e. The number of benzene rings is 2. The van der Waals surface area contributed by atoms with E-state index in [0.29, 0.717) is 16.3 Å². The molecular formula is C18H16N4O2S. The molecular weight excluding hydrogens is 336 g/mol. The molecule has 2 aromatic carbocycles. The number of nitrogens with two attached hydrogens (primary N) is 1. The predicted octanol–water partition coefficient (Wildman–Crippen LogP) is 3.17. The number of rotatable bonds is 4. The van der Waals surface area contributed by atoms with E-state index in [1.54, 1.807) is 12.1 Å². The van der Waals surface area contributed by atoms with Crippen LogP contribution in [0, 0.1) is 13.8 Å². The number of amides is 2. The van der Waals surface area contributed by atoms with Crippen molar-refractivity contribution in [3.8, 4) is 10.6 Å². The molecule has 126 valence electrons. The van der Waals surface area contributed by atoms with Gasteiger partial charge >= 0.3 is 0 Å². The van der Waals surface area contributed by atoms with Gasteiger partial charge in [0.05, 0.1) is 0 Å². The molecule has 0 fully saturated rings. The first-order chi connectivity index (χ1) is 11.9. The Hall–Kier alpha value is -3.06. The number of aryl methyl sites for hydroxylation is 2. The Bertz CT molecular complexity index is 948. The highest BCUT2D eigenvalue weighted by atomic mass is 32.1. The summed E-state index contributed by atoms with van der Waals surface area (Å²) in [6, 6.07) is 12.2. The van der Waals surface area contributed by atoms with Gasteiger partial charge in [-0.2, -0.15) is 0 Å². The topological polar surface area (TPSA) is 98.0 Å². The predicted molar refractivity (Wildman–Crippen MR) is 97.7 cm³/mol. The number of nitrogens with one attached hydrogen (secondary N) is 1. The van der Waals surface area contributed by atoms with Crippen LogP contribution in [0.1, 0.15) is 31.8 Å². The highest BCUT2D eigenvalue weighted by Crippen LogP contribution is 2.29. The first kappa shape index (κ1) is 16.8. The fourth-order valence-electron chi connectivity index (χ4n) is 2.39. The molecule has 0 saturated carbocycles. The van der Waals surface area contributed by atoms with Crippen LogP contribution in [0.25, 0.3) is 10.6 Å². The summed E-state index contributed by atoms with van der Waals surface area (Å²) in [6.07, 6.45) is 0. The average Bonchev–Trinajstić information content (AvgIpc) is 3.03. The molecule has 25 heavy (non-hydrogen) atoms. The maximum atomic E-state index is 12.3. The zero-order valence-corrected chi connectivity index (χ0v) is 14.6. The number of aromatic nitrogens is 2. The van der Waals surface area contributed by atoms with Crippen LogP contribution in [0.15, 0.2) is 42.5 Å². The Labute approximate surface area is 148 Å². The quantitative estimate of drug-likeness (QED) is 0.753. The number of primary amides is 1. The smallest absolute Gasteiger partial charge is 0.257 e. The number of hydrogen-bond acceptors (Lipinski definition) is 5. The molecule has 0 bridgehead atoms. The van der Waals surface area contributed by atoms with Gasteiger partial charge in [-0.1, -0.05) is 35.1 Å². The Morgan fingerprint density at radius 1 is 1.00 bits per heavy atom. The van der Waals surface area contributed by atoms with Gasteiger partial charge in [-0.15, -0.1) is 10.2 Å². The zero-order chi connectivity index (χ0) is 18.0. The minimum atomic E-state index is -0.533. The molecule has 1 aromatic heterocycles. The van der Waals surface area contributed by atoms with Crippen molar-refractivity contribution in [1.82, 2.24) is 10.2 Å². The van der Waals surface area contributed by atoms with Crippen LogP contribution in [-0.4, -0.2) is 22.0 Å². The molecule has 7 heteroatoms. The lowest BCUT2D eigenvalue weighted by Crippen LogP contribution is -2.14. The van der Waals surface area contributed by atoms with Gasteiger partial charge in [0.1, 0.15) is 5.01 Å². The second-order valence-corrected chi connectivity index (χ2v) is 6.60. The second kappa shape index (κ2) is 6.82. The molecule has 1 heterocycles. The molecule has 0 aliphatic carbocycles. The van der Waals surface area contributed by atoms with Crippen molar-refractivity contribution in [2.75, 3.05) is 5.32 Å². The zero-order valence-electron chi connectivity index (χ0n) is 13.7. The normalized spacial score (nSPS) is 10.5. The molecule has 3 rings (SSSR count). The summed E-state index contributed by atoms with van der Waals surface area (Å²) in [6.45, 7) is 4.05. The standard InChI is InChI=1S/C18H16N4O2S/c1-10-3-8-14(11(2)9-10)17-21-22-18(25-17)20-16(24)13-6-4-12(5-7-13)15(19)23/h3-9H,1-2H3,(H2,19,23)(H,20,22,24). The summed E-state index contributed by atoms with van der Waals surface area (Å²) in [7, 11) is 0. The fourth-order valence-corrected chi connectivity index (χ4v) is 3.22. The Morgan fingerprint density at radius 2 is 1.68 bits per heavy atom. The van der Waals surface area contributed by atoms with E-state index >= 15 is 0 Å². The van der Waals surface area contributed by atoms with Gasteiger partial charge in [0.2, 0.25) is 11.0 Å². The Balaban J connectivity index is 1.76. The van der Waals surface area contributed by atoms with Crippen LogP contribution in [0.5, 0.6) is 0 Å². The summed E-state index contributed by atoms with van der Waals surface area (Å²) in [5.74, 6) is -0.853. The van der Waals surface area contributed by atoms with Crippen LogP contribution < -0.4 is 11.1 Å². The van der Waals surface area contributed by atoms with Crippen molar-refractivity contribution in [2.24, 2.45) is 5.73 Å². The summed E-state index contributed by atoms with van der Waals surface area (Å²) in [5.41, 5.74) is 9.23. The molecule has 0 aliphatic heterocycles. The van der Waals surface area contributed by atoms with Gasteiger partial charge in [-0.25, -0.2) is 0 Å². The summed E-state index contributed by atoms with van der Waals surface area (Å²) in [4.78, 5) is 23.3. The van der Waals surface area contributed by atoms with Gasteiger partial charge < -0.3 is 5.73 Å². The van der Waals surface area contributed by atoms with Crippen LogP contribution in [0.4, 0.5) is 5.13 Å². The fraction of sp³-hybridized carbons (Fsp3) is 0.111.